The monoisotopic (exact) mass is 178 g/mol. The molecule has 0 aromatic heterocycles. The Kier molecular flexibility index (Phi) is 3.61. The molecule has 0 radical (unpaired) electrons. The average molecular weight is 178 g/mol. The van der Waals surface area contributed by atoms with E-state index in [-0.39, 0.29) is 0 Å². The molecular formula is C10H14OSi. The molecule has 0 aliphatic carbocycles. The van der Waals surface area contributed by atoms with E-state index in [1.165, 1.54) is 5.56 Å². The van der Waals surface area contributed by atoms with Crippen LogP contribution >= 0.6 is 0 Å². The Balaban J connectivity index is 2.71. The van der Waals surface area contributed by atoms with Gasteiger partial charge in [-0.05, 0) is 24.6 Å². The summed E-state index contributed by atoms with van der Waals surface area (Å²) in [5, 5.41) is 0. The van der Waals surface area contributed by atoms with E-state index in [1.54, 1.807) is 0 Å². The number of benzene rings is 1. The zero-order valence-corrected chi connectivity index (χ0v) is 9.58. The van der Waals surface area contributed by atoms with E-state index in [0.717, 1.165) is 22.2 Å². The molecular weight excluding hydrogens is 164 g/mol. The molecule has 1 aromatic carbocycles. The Morgan fingerprint density at radius 3 is 2.50 bits per heavy atom. The van der Waals surface area contributed by atoms with Crippen LogP contribution in [0.4, 0.5) is 0 Å². The van der Waals surface area contributed by atoms with Crippen molar-refractivity contribution in [3.63, 3.8) is 0 Å². The van der Waals surface area contributed by atoms with Crippen LogP contribution in [-0.2, 0) is 0 Å². The van der Waals surface area contributed by atoms with Crippen molar-refractivity contribution in [2.45, 2.75) is 6.92 Å². The summed E-state index contributed by atoms with van der Waals surface area (Å²) in [4.78, 5) is 0. The standard InChI is InChI=1S/C10H14OSi/c1-2-3-9-4-6-10(7-5-9)11-8-12/h2-7H,8H2,1,12H3/b3-2-. The first kappa shape index (κ1) is 9.07. The summed E-state index contributed by atoms with van der Waals surface area (Å²) in [5.74, 6) is 0.971. The number of rotatable bonds is 3. The van der Waals surface area contributed by atoms with Crippen molar-refractivity contribution in [2.24, 2.45) is 0 Å². The number of hydrogen-bond acceptors (Lipinski definition) is 1. The van der Waals surface area contributed by atoms with Gasteiger partial charge in [-0.2, -0.15) is 0 Å². The molecule has 12 heavy (non-hydrogen) atoms. The van der Waals surface area contributed by atoms with Crippen LogP contribution in [0.2, 0.25) is 0 Å². The predicted molar refractivity (Wildman–Crippen MR) is 56.6 cm³/mol. The molecule has 0 bridgehead atoms. The molecule has 0 saturated carbocycles. The molecule has 0 fully saturated rings. The molecule has 1 rings (SSSR count). The lowest BCUT2D eigenvalue weighted by molar-refractivity contribution is 0.387. The van der Waals surface area contributed by atoms with E-state index in [9.17, 15) is 0 Å². The Bertz CT molecular complexity index is 251. The van der Waals surface area contributed by atoms with Crippen LogP contribution in [0.1, 0.15) is 12.5 Å². The minimum absolute atomic E-state index is 0.864. The van der Waals surface area contributed by atoms with Crippen molar-refractivity contribution in [2.75, 3.05) is 6.23 Å². The third-order valence-electron chi connectivity index (χ3n) is 1.55. The summed E-state index contributed by atoms with van der Waals surface area (Å²) in [7, 11) is 1.09. The molecule has 0 atom stereocenters. The van der Waals surface area contributed by atoms with Crippen molar-refractivity contribution in [1.29, 1.82) is 0 Å². The zero-order chi connectivity index (χ0) is 8.81. The third-order valence-corrected chi connectivity index (χ3v) is 1.84. The van der Waals surface area contributed by atoms with Gasteiger partial charge in [0.2, 0.25) is 0 Å². The van der Waals surface area contributed by atoms with Crippen molar-refractivity contribution in [3.05, 3.63) is 35.9 Å². The minimum Gasteiger partial charge on any atom is -0.498 e. The summed E-state index contributed by atoms with van der Waals surface area (Å²) in [5.41, 5.74) is 1.22. The Morgan fingerprint density at radius 2 is 2.00 bits per heavy atom. The molecule has 0 aliphatic rings. The first-order valence-electron chi connectivity index (χ1n) is 4.22. The van der Waals surface area contributed by atoms with Crippen molar-refractivity contribution < 1.29 is 4.74 Å². The number of hydrogen-bond donors (Lipinski definition) is 0. The van der Waals surface area contributed by atoms with Gasteiger partial charge in [0.1, 0.15) is 5.75 Å². The fraction of sp³-hybridized carbons (Fsp3) is 0.200. The first-order chi connectivity index (χ1) is 5.86. The molecule has 1 nitrogen and oxygen atoms in total. The van der Waals surface area contributed by atoms with Crippen LogP contribution < -0.4 is 4.74 Å². The van der Waals surface area contributed by atoms with Crippen LogP contribution in [0.25, 0.3) is 6.08 Å². The smallest absolute Gasteiger partial charge is 0.118 e. The van der Waals surface area contributed by atoms with Gasteiger partial charge in [-0.15, -0.1) is 0 Å². The maximum Gasteiger partial charge on any atom is 0.118 e. The minimum atomic E-state index is 0.864. The molecule has 0 spiro atoms. The lowest BCUT2D eigenvalue weighted by atomic mass is 10.2. The number of ether oxygens (including phenoxy) is 1. The molecule has 0 N–H and O–H groups in total. The van der Waals surface area contributed by atoms with Crippen molar-refractivity contribution in [1.82, 2.24) is 0 Å². The second-order valence-electron chi connectivity index (χ2n) is 2.50. The molecule has 64 valence electrons. The van der Waals surface area contributed by atoms with E-state index in [2.05, 4.69) is 18.2 Å². The van der Waals surface area contributed by atoms with E-state index in [4.69, 9.17) is 4.74 Å². The maximum absolute atomic E-state index is 5.38. The zero-order valence-electron chi connectivity index (χ0n) is 7.58. The molecule has 0 aliphatic heterocycles. The van der Waals surface area contributed by atoms with Gasteiger partial charge in [0, 0.05) is 0 Å². The Hall–Kier alpha value is -1.02. The quantitative estimate of drug-likeness (QED) is 0.636. The molecule has 2 heteroatoms. The molecule has 0 unspecified atom stereocenters. The second-order valence-corrected chi connectivity index (χ2v) is 3.08. The fourth-order valence-corrected chi connectivity index (χ4v) is 1.37. The van der Waals surface area contributed by atoms with Gasteiger partial charge < -0.3 is 4.74 Å². The van der Waals surface area contributed by atoms with E-state index >= 15 is 0 Å². The Labute approximate surface area is 76.5 Å². The third kappa shape index (κ3) is 2.55. The Morgan fingerprint density at radius 1 is 1.33 bits per heavy atom. The second kappa shape index (κ2) is 4.77. The fourth-order valence-electron chi connectivity index (χ4n) is 1.03. The summed E-state index contributed by atoms with van der Waals surface area (Å²) in [6.07, 6.45) is 4.97. The van der Waals surface area contributed by atoms with Gasteiger partial charge in [-0.1, -0.05) is 24.3 Å². The van der Waals surface area contributed by atoms with Gasteiger partial charge in [0.05, 0.1) is 16.5 Å². The van der Waals surface area contributed by atoms with E-state index in [0.29, 0.717) is 0 Å². The SMILES string of the molecule is C/C=C\c1ccc(OC[SiH3])cc1. The largest absolute Gasteiger partial charge is 0.498 e. The first-order valence-corrected chi connectivity index (χ1v) is 5.63. The van der Waals surface area contributed by atoms with Gasteiger partial charge in [0.25, 0.3) is 0 Å². The highest BCUT2D eigenvalue weighted by atomic mass is 28.1. The van der Waals surface area contributed by atoms with Crippen molar-refractivity contribution in [3.8, 4) is 5.75 Å². The molecule has 1 aromatic rings. The highest BCUT2D eigenvalue weighted by molar-refractivity contribution is 6.08. The van der Waals surface area contributed by atoms with Gasteiger partial charge in [-0.25, -0.2) is 0 Å². The van der Waals surface area contributed by atoms with Crippen LogP contribution in [-0.4, -0.2) is 16.5 Å². The van der Waals surface area contributed by atoms with Crippen LogP contribution in [0.5, 0.6) is 5.75 Å². The normalized spacial score (nSPS) is 10.8. The summed E-state index contributed by atoms with van der Waals surface area (Å²) >= 11 is 0. The van der Waals surface area contributed by atoms with E-state index < -0.39 is 0 Å². The van der Waals surface area contributed by atoms with Gasteiger partial charge >= 0.3 is 0 Å². The number of allylic oxidation sites excluding steroid dienone is 1. The van der Waals surface area contributed by atoms with E-state index in [1.807, 2.05) is 25.1 Å². The summed E-state index contributed by atoms with van der Waals surface area (Å²) in [6.45, 7) is 2.02. The van der Waals surface area contributed by atoms with Crippen LogP contribution in [0.3, 0.4) is 0 Å². The molecule has 0 heterocycles. The summed E-state index contributed by atoms with van der Waals surface area (Å²) in [6, 6.07) is 8.14. The predicted octanol–water partition coefficient (Wildman–Crippen LogP) is 1.42. The lowest BCUT2D eigenvalue weighted by Gasteiger charge is -2.01. The van der Waals surface area contributed by atoms with Gasteiger partial charge in [0.15, 0.2) is 0 Å². The van der Waals surface area contributed by atoms with Crippen LogP contribution in [0, 0.1) is 0 Å². The lowest BCUT2D eigenvalue weighted by Crippen LogP contribution is -1.94. The molecule has 0 saturated heterocycles. The molecule has 0 amide bonds. The van der Waals surface area contributed by atoms with Gasteiger partial charge in [-0.3, -0.25) is 0 Å². The topological polar surface area (TPSA) is 9.23 Å². The van der Waals surface area contributed by atoms with Crippen LogP contribution in [0.15, 0.2) is 30.3 Å². The highest BCUT2D eigenvalue weighted by Crippen LogP contribution is 2.12. The highest BCUT2D eigenvalue weighted by Gasteiger charge is 1.89. The van der Waals surface area contributed by atoms with Crippen molar-refractivity contribution >= 4 is 16.3 Å². The average Bonchev–Trinajstić information content (AvgIpc) is 2.09. The summed E-state index contributed by atoms with van der Waals surface area (Å²) < 4.78 is 5.38. The maximum atomic E-state index is 5.38.